The lowest BCUT2D eigenvalue weighted by Crippen LogP contribution is -2.58. The molecule has 8 atom stereocenters. The summed E-state index contributed by atoms with van der Waals surface area (Å²) in [5, 5.41) is 12.5. The van der Waals surface area contributed by atoms with Gasteiger partial charge in [-0.25, -0.2) is 0 Å². The molecule has 1 spiro atoms. The Labute approximate surface area is 303 Å². The van der Waals surface area contributed by atoms with Crippen molar-refractivity contribution < 1.29 is 38.5 Å². The normalized spacial score (nSPS) is 28.5. The van der Waals surface area contributed by atoms with Crippen LogP contribution in [0.4, 0.5) is 0 Å². The molecule has 5 rings (SSSR count). The molecule has 3 aliphatic heterocycles. The second kappa shape index (κ2) is 17.4. The molecule has 0 radical (unpaired) electrons. The smallest absolute Gasteiger partial charge is 0.313 e. The number of likely N-dealkylation sites (tertiary alicyclic amines) is 1. The molecule has 11 nitrogen and oxygen atoms in total. The van der Waals surface area contributed by atoms with E-state index in [0.29, 0.717) is 37.8 Å². The Balaban J connectivity index is 1.49. The van der Waals surface area contributed by atoms with E-state index in [-0.39, 0.29) is 54.8 Å². The van der Waals surface area contributed by atoms with Crippen LogP contribution in [0.15, 0.2) is 55.6 Å². The number of alkyl halides is 1. The molecule has 1 saturated carbocycles. The van der Waals surface area contributed by atoms with E-state index >= 15 is 0 Å². The molecule has 50 heavy (non-hydrogen) atoms. The summed E-state index contributed by atoms with van der Waals surface area (Å²) in [6, 6.07) is 7.52. The number of rotatable bonds is 18. The number of fused-ring (bicyclic) bond motifs is 1. The molecule has 4 aliphatic rings. The SMILES string of the molecule is C=CCCC(=O)N[C@H](COC)[C@H](OC(=O)[C@@H]1[C@H]2O[C@@]3(CC2Br)[C@H](C(=O)N(CC=C)C2CCCCC2)N(CCCCO)C(=O)[C@@H]13)c1ccccc1. The monoisotopic (exact) mass is 757 g/mol. The lowest BCUT2D eigenvalue weighted by atomic mass is 9.70. The molecule has 1 unspecified atom stereocenters. The van der Waals surface area contributed by atoms with Crippen LogP contribution in [0.3, 0.4) is 0 Å². The van der Waals surface area contributed by atoms with Crippen LogP contribution in [0, 0.1) is 11.8 Å². The molecular formula is C38H52BrN3O8. The molecule has 1 aliphatic carbocycles. The van der Waals surface area contributed by atoms with Gasteiger partial charge in [-0.1, -0.05) is 77.7 Å². The number of aliphatic hydroxyl groups excluding tert-OH is 1. The fourth-order valence-corrected chi connectivity index (χ4v) is 9.49. The van der Waals surface area contributed by atoms with Crippen molar-refractivity contribution in [3.05, 3.63) is 61.2 Å². The van der Waals surface area contributed by atoms with Gasteiger partial charge in [-0.05, 0) is 44.1 Å². The van der Waals surface area contributed by atoms with Gasteiger partial charge in [0.1, 0.15) is 17.7 Å². The van der Waals surface area contributed by atoms with E-state index < -0.39 is 47.7 Å². The molecule has 4 fully saturated rings. The van der Waals surface area contributed by atoms with Gasteiger partial charge in [-0.2, -0.15) is 0 Å². The average molecular weight is 759 g/mol. The van der Waals surface area contributed by atoms with Crippen LogP contribution >= 0.6 is 15.9 Å². The first-order valence-corrected chi connectivity index (χ1v) is 18.9. The van der Waals surface area contributed by atoms with Crippen LogP contribution in [0.25, 0.3) is 0 Å². The standard InChI is InChI=1S/C38H52BrN3O8/c1-4-6-19-29(44)40-28(24-48-3)32(25-15-9-7-10-16-25)49-37(47)30-31-35(45)42(21-13-14-22-43)34(38(31)23-27(39)33(30)50-38)36(46)41(20-5-2)26-17-11-8-12-18-26/h4-5,7,9-10,15-16,26-28,30-34,43H,1-2,6,8,11-14,17-24H2,3H3,(H,40,44)/t27?,28-,30+,31-,32-,33+,34+,38-/m1/s1. The number of carbonyl (C=O) groups excluding carboxylic acids is 4. The summed E-state index contributed by atoms with van der Waals surface area (Å²) in [5.74, 6) is -3.29. The van der Waals surface area contributed by atoms with E-state index in [4.69, 9.17) is 14.2 Å². The number of allylic oxidation sites excluding steroid dienone is 1. The molecule has 274 valence electrons. The van der Waals surface area contributed by atoms with Gasteiger partial charge in [-0.3, -0.25) is 19.2 Å². The van der Waals surface area contributed by atoms with Crippen molar-refractivity contribution in [1.82, 2.24) is 15.1 Å². The third kappa shape index (κ3) is 7.73. The zero-order valence-electron chi connectivity index (χ0n) is 29.1. The second-order valence-electron chi connectivity index (χ2n) is 13.9. The van der Waals surface area contributed by atoms with Crippen LogP contribution in [0.2, 0.25) is 0 Å². The maximum Gasteiger partial charge on any atom is 0.313 e. The maximum absolute atomic E-state index is 14.8. The number of aliphatic hydroxyl groups is 1. The van der Waals surface area contributed by atoms with Gasteiger partial charge in [0.05, 0.1) is 30.6 Å². The number of halogens is 1. The molecule has 1 aromatic carbocycles. The molecule has 3 amide bonds. The van der Waals surface area contributed by atoms with Crippen LogP contribution in [0.1, 0.15) is 75.9 Å². The van der Waals surface area contributed by atoms with E-state index in [9.17, 15) is 24.3 Å². The summed E-state index contributed by atoms with van der Waals surface area (Å²) in [6.07, 6.45) is 8.76. The quantitative estimate of drug-likeness (QED) is 0.0984. The molecular weight excluding hydrogens is 706 g/mol. The fraction of sp³-hybridized carbons (Fsp3) is 0.632. The third-order valence-corrected chi connectivity index (χ3v) is 11.6. The Morgan fingerprint density at radius 3 is 2.56 bits per heavy atom. The number of nitrogens with one attached hydrogen (secondary N) is 1. The summed E-state index contributed by atoms with van der Waals surface area (Å²) in [4.78, 5) is 60.0. The lowest BCUT2D eigenvalue weighted by Gasteiger charge is -2.41. The number of esters is 1. The predicted octanol–water partition coefficient (Wildman–Crippen LogP) is 4.24. The molecule has 12 heteroatoms. The number of amides is 3. The second-order valence-corrected chi connectivity index (χ2v) is 15.1. The number of ether oxygens (including phenoxy) is 3. The number of hydrogen-bond acceptors (Lipinski definition) is 8. The van der Waals surface area contributed by atoms with Crippen molar-refractivity contribution in [3.8, 4) is 0 Å². The number of carbonyl (C=O) groups is 4. The summed E-state index contributed by atoms with van der Waals surface area (Å²) >= 11 is 3.76. The topological polar surface area (TPSA) is 135 Å². The van der Waals surface area contributed by atoms with Crippen LogP contribution in [-0.2, 0) is 33.4 Å². The summed E-state index contributed by atoms with van der Waals surface area (Å²) < 4.78 is 18.6. The highest BCUT2D eigenvalue weighted by atomic mass is 79.9. The molecule has 3 heterocycles. The lowest BCUT2D eigenvalue weighted by molar-refractivity contribution is -0.163. The summed E-state index contributed by atoms with van der Waals surface area (Å²) in [7, 11) is 1.51. The van der Waals surface area contributed by atoms with Crippen molar-refractivity contribution in [2.24, 2.45) is 11.8 Å². The van der Waals surface area contributed by atoms with Crippen molar-refractivity contribution in [2.45, 2.75) is 105 Å². The van der Waals surface area contributed by atoms with Crippen molar-refractivity contribution >= 4 is 39.6 Å². The van der Waals surface area contributed by atoms with Gasteiger partial charge in [-0.15, -0.1) is 13.2 Å². The minimum absolute atomic E-state index is 0.0317. The number of nitrogens with zero attached hydrogens (tertiary/aromatic N) is 2. The van der Waals surface area contributed by atoms with E-state index in [1.165, 1.54) is 7.11 Å². The van der Waals surface area contributed by atoms with Crippen LogP contribution < -0.4 is 5.32 Å². The Kier molecular flexibility index (Phi) is 13.3. The zero-order chi connectivity index (χ0) is 35.8. The first kappa shape index (κ1) is 38.2. The minimum Gasteiger partial charge on any atom is -0.455 e. The predicted molar refractivity (Wildman–Crippen MR) is 191 cm³/mol. The van der Waals surface area contributed by atoms with Crippen LogP contribution in [-0.4, -0.2) is 107 Å². The van der Waals surface area contributed by atoms with Crippen molar-refractivity contribution in [2.75, 3.05) is 33.4 Å². The molecule has 3 saturated heterocycles. The largest absolute Gasteiger partial charge is 0.455 e. The van der Waals surface area contributed by atoms with Crippen molar-refractivity contribution in [1.29, 1.82) is 0 Å². The van der Waals surface area contributed by atoms with Gasteiger partial charge in [0.15, 0.2) is 0 Å². The highest BCUT2D eigenvalue weighted by molar-refractivity contribution is 9.09. The summed E-state index contributed by atoms with van der Waals surface area (Å²) in [6.45, 7) is 8.26. The van der Waals surface area contributed by atoms with E-state index in [1.807, 2.05) is 35.2 Å². The van der Waals surface area contributed by atoms with Crippen molar-refractivity contribution in [3.63, 3.8) is 0 Å². The highest BCUT2D eigenvalue weighted by Crippen LogP contribution is 2.60. The maximum atomic E-state index is 14.8. The average Bonchev–Trinajstić information content (AvgIpc) is 3.72. The van der Waals surface area contributed by atoms with Gasteiger partial charge in [0, 0.05) is 44.1 Å². The van der Waals surface area contributed by atoms with Crippen LogP contribution in [0.5, 0.6) is 0 Å². The molecule has 2 bridgehead atoms. The fourth-order valence-electron chi connectivity index (χ4n) is 8.55. The number of hydrogen-bond donors (Lipinski definition) is 2. The summed E-state index contributed by atoms with van der Waals surface area (Å²) in [5.41, 5.74) is -0.582. The molecule has 1 aromatic rings. The molecule has 0 aromatic heterocycles. The Bertz CT molecular complexity index is 1370. The molecule has 2 N–H and O–H groups in total. The number of benzene rings is 1. The van der Waals surface area contributed by atoms with E-state index in [2.05, 4.69) is 34.4 Å². The Hall–Kier alpha value is -3.06. The van der Waals surface area contributed by atoms with Gasteiger partial charge in [0.2, 0.25) is 17.7 Å². The Morgan fingerprint density at radius 2 is 1.90 bits per heavy atom. The number of unbranched alkanes of at least 4 members (excludes halogenated alkanes) is 1. The Morgan fingerprint density at radius 1 is 1.16 bits per heavy atom. The van der Waals surface area contributed by atoms with E-state index in [0.717, 1.165) is 32.1 Å². The first-order valence-electron chi connectivity index (χ1n) is 18.0. The van der Waals surface area contributed by atoms with Gasteiger partial charge in [0.25, 0.3) is 0 Å². The highest BCUT2D eigenvalue weighted by Gasteiger charge is 2.77. The van der Waals surface area contributed by atoms with Gasteiger partial charge >= 0.3 is 5.97 Å². The van der Waals surface area contributed by atoms with Gasteiger partial charge < -0.3 is 34.4 Å². The van der Waals surface area contributed by atoms with E-state index in [1.54, 1.807) is 17.1 Å². The zero-order valence-corrected chi connectivity index (χ0v) is 30.6. The third-order valence-electron chi connectivity index (χ3n) is 10.7. The first-order chi connectivity index (χ1) is 24.2. The number of methoxy groups -OCH3 is 1. The minimum atomic E-state index is -1.24.